The molecule has 0 saturated carbocycles. The third-order valence-electron chi connectivity index (χ3n) is 1.83. The molecule has 1 aromatic rings. The molecular weight excluding hydrogens is 204 g/mol. The van der Waals surface area contributed by atoms with Gasteiger partial charge in [-0.1, -0.05) is 12.1 Å². The number of para-hydroxylation sites is 1. The Morgan fingerprint density at radius 3 is 2.27 bits per heavy atom. The van der Waals surface area contributed by atoms with E-state index in [0.717, 1.165) is 12.1 Å². The van der Waals surface area contributed by atoms with Crippen molar-refractivity contribution in [2.75, 3.05) is 0 Å². The van der Waals surface area contributed by atoms with E-state index >= 15 is 0 Å². The van der Waals surface area contributed by atoms with E-state index < -0.39 is 29.4 Å². The van der Waals surface area contributed by atoms with Crippen molar-refractivity contribution in [2.24, 2.45) is 0 Å². The summed E-state index contributed by atoms with van der Waals surface area (Å²) < 4.78 is 0. The zero-order chi connectivity index (χ0) is 11.6. The van der Waals surface area contributed by atoms with E-state index in [9.17, 15) is 14.7 Å². The van der Waals surface area contributed by atoms with Gasteiger partial charge in [0.05, 0.1) is 0 Å². The van der Waals surface area contributed by atoms with Crippen molar-refractivity contribution >= 4 is 11.9 Å². The van der Waals surface area contributed by atoms with Gasteiger partial charge in [-0.2, -0.15) is 0 Å². The second-order valence-electron chi connectivity index (χ2n) is 2.79. The molecule has 0 amide bonds. The second-order valence-corrected chi connectivity index (χ2v) is 2.79. The maximum atomic E-state index is 10.6. The molecule has 0 heterocycles. The average Bonchev–Trinajstić information content (AvgIpc) is 2.16. The fourth-order valence-corrected chi connectivity index (χ4v) is 1.09. The van der Waals surface area contributed by atoms with Gasteiger partial charge in [0.25, 0.3) is 0 Å². The lowest BCUT2D eigenvalue weighted by molar-refractivity contribution is -0.147. The molecule has 6 heteroatoms. The van der Waals surface area contributed by atoms with Crippen molar-refractivity contribution in [3.05, 3.63) is 29.3 Å². The van der Waals surface area contributed by atoms with Gasteiger partial charge in [0.1, 0.15) is 11.3 Å². The highest BCUT2D eigenvalue weighted by Crippen LogP contribution is 2.27. The van der Waals surface area contributed by atoms with Gasteiger partial charge >= 0.3 is 11.9 Å². The number of aromatic carboxylic acids is 1. The molecule has 1 atom stereocenters. The van der Waals surface area contributed by atoms with Crippen LogP contribution in [-0.2, 0) is 4.79 Å². The zero-order valence-electron chi connectivity index (χ0n) is 7.41. The normalized spacial score (nSPS) is 12.1. The van der Waals surface area contributed by atoms with Crippen LogP contribution in [0.3, 0.4) is 0 Å². The Balaban J connectivity index is 3.26. The first kappa shape index (κ1) is 11.0. The maximum absolute atomic E-state index is 10.6. The number of phenols is 1. The van der Waals surface area contributed by atoms with Gasteiger partial charge in [-0.15, -0.1) is 0 Å². The highest BCUT2D eigenvalue weighted by atomic mass is 16.4. The first-order valence-electron chi connectivity index (χ1n) is 3.91. The number of rotatable bonds is 3. The van der Waals surface area contributed by atoms with Crippen molar-refractivity contribution in [1.82, 2.24) is 0 Å². The van der Waals surface area contributed by atoms with Gasteiger partial charge < -0.3 is 20.4 Å². The molecule has 0 aliphatic rings. The Bertz CT molecular complexity index is 411. The summed E-state index contributed by atoms with van der Waals surface area (Å²) in [6.45, 7) is 0. The van der Waals surface area contributed by atoms with Gasteiger partial charge in [0, 0.05) is 5.56 Å². The molecule has 0 fully saturated rings. The molecule has 6 nitrogen and oxygen atoms in total. The van der Waals surface area contributed by atoms with Gasteiger partial charge in [0.2, 0.25) is 0 Å². The first-order valence-corrected chi connectivity index (χ1v) is 3.91. The number of carboxylic acids is 2. The molecule has 80 valence electrons. The molecule has 1 unspecified atom stereocenters. The summed E-state index contributed by atoms with van der Waals surface area (Å²) in [7, 11) is 0. The highest BCUT2D eigenvalue weighted by molar-refractivity contribution is 5.92. The number of aromatic hydroxyl groups is 1. The minimum Gasteiger partial charge on any atom is -0.507 e. The largest absolute Gasteiger partial charge is 0.507 e. The van der Waals surface area contributed by atoms with Crippen LogP contribution in [0, 0.1) is 0 Å². The minimum atomic E-state index is -1.94. The lowest BCUT2D eigenvalue weighted by Gasteiger charge is -2.09. The molecule has 15 heavy (non-hydrogen) atoms. The van der Waals surface area contributed by atoms with E-state index in [2.05, 4.69) is 0 Å². The summed E-state index contributed by atoms with van der Waals surface area (Å²) in [6.07, 6.45) is -1.94. The topological polar surface area (TPSA) is 115 Å². The Morgan fingerprint density at radius 2 is 1.80 bits per heavy atom. The second kappa shape index (κ2) is 3.97. The van der Waals surface area contributed by atoms with Gasteiger partial charge in [-0.05, 0) is 6.07 Å². The van der Waals surface area contributed by atoms with Gasteiger partial charge in [-0.3, -0.25) is 0 Å². The number of carbonyl (C=O) groups is 2. The molecule has 1 aromatic carbocycles. The Kier molecular flexibility index (Phi) is 2.91. The SMILES string of the molecule is O=C(O)c1cccc(C(O)C(=O)O)c1O. The van der Waals surface area contributed by atoms with Crippen LogP contribution in [0.4, 0.5) is 0 Å². The van der Waals surface area contributed by atoms with Crippen LogP contribution in [-0.4, -0.2) is 32.4 Å². The molecule has 1 rings (SSSR count). The Morgan fingerprint density at radius 1 is 1.20 bits per heavy atom. The summed E-state index contributed by atoms with van der Waals surface area (Å²) in [4.78, 5) is 21.0. The summed E-state index contributed by atoms with van der Waals surface area (Å²) in [5.74, 6) is -3.69. The number of aliphatic hydroxyl groups is 1. The lowest BCUT2D eigenvalue weighted by atomic mass is 10.0. The molecule has 0 bridgehead atoms. The molecule has 0 saturated heterocycles. The number of hydrogen-bond acceptors (Lipinski definition) is 4. The molecule has 4 N–H and O–H groups in total. The summed E-state index contributed by atoms with van der Waals surface area (Å²) in [5, 5.41) is 35.6. The maximum Gasteiger partial charge on any atom is 0.339 e. The predicted molar refractivity (Wildman–Crippen MR) is 47.7 cm³/mol. The van der Waals surface area contributed by atoms with Crippen LogP contribution in [0.25, 0.3) is 0 Å². The molecule has 0 aromatic heterocycles. The number of aliphatic hydroxyl groups excluding tert-OH is 1. The van der Waals surface area contributed by atoms with Crippen LogP contribution in [0.15, 0.2) is 18.2 Å². The number of benzene rings is 1. The smallest absolute Gasteiger partial charge is 0.339 e. The van der Waals surface area contributed by atoms with E-state index in [1.165, 1.54) is 6.07 Å². The molecular formula is C9H8O6. The number of carboxylic acid groups (broad SMARTS) is 2. The lowest BCUT2D eigenvalue weighted by Crippen LogP contribution is -2.11. The summed E-state index contributed by atoms with van der Waals surface area (Å²) >= 11 is 0. The fourth-order valence-electron chi connectivity index (χ4n) is 1.09. The predicted octanol–water partition coefficient (Wildman–Crippen LogP) is 0.208. The van der Waals surface area contributed by atoms with Crippen molar-refractivity contribution < 1.29 is 30.0 Å². The number of aliphatic carboxylic acids is 1. The Hall–Kier alpha value is -2.08. The standard InChI is InChI=1S/C9H8O6/c10-6-4(7(11)9(14)15)2-1-3-5(6)8(12)13/h1-3,7,10-11H,(H,12,13)(H,14,15). The van der Waals surface area contributed by atoms with E-state index in [0.29, 0.717) is 0 Å². The third-order valence-corrected chi connectivity index (χ3v) is 1.83. The fraction of sp³-hybridized carbons (Fsp3) is 0.111. The third kappa shape index (κ3) is 2.05. The van der Waals surface area contributed by atoms with Crippen molar-refractivity contribution in [1.29, 1.82) is 0 Å². The van der Waals surface area contributed by atoms with Gasteiger partial charge in [-0.25, -0.2) is 9.59 Å². The van der Waals surface area contributed by atoms with Crippen LogP contribution in [0.2, 0.25) is 0 Å². The average molecular weight is 212 g/mol. The van der Waals surface area contributed by atoms with E-state index in [1.807, 2.05) is 0 Å². The van der Waals surface area contributed by atoms with Crippen molar-refractivity contribution in [2.45, 2.75) is 6.10 Å². The van der Waals surface area contributed by atoms with E-state index in [-0.39, 0.29) is 5.56 Å². The Labute approximate surface area is 84.0 Å². The van der Waals surface area contributed by atoms with Crippen LogP contribution < -0.4 is 0 Å². The van der Waals surface area contributed by atoms with Gasteiger partial charge in [0.15, 0.2) is 6.10 Å². The molecule has 0 aliphatic carbocycles. The quantitative estimate of drug-likeness (QED) is 0.569. The molecule has 0 aliphatic heterocycles. The molecule has 0 spiro atoms. The number of hydrogen-bond donors (Lipinski definition) is 4. The minimum absolute atomic E-state index is 0.345. The van der Waals surface area contributed by atoms with Crippen LogP contribution in [0.1, 0.15) is 22.0 Å². The van der Waals surface area contributed by atoms with Crippen molar-refractivity contribution in [3.8, 4) is 5.75 Å². The summed E-state index contributed by atoms with van der Waals surface area (Å²) in [5.41, 5.74) is -0.796. The highest BCUT2D eigenvalue weighted by Gasteiger charge is 2.22. The van der Waals surface area contributed by atoms with Crippen LogP contribution in [0.5, 0.6) is 5.75 Å². The van der Waals surface area contributed by atoms with E-state index in [1.54, 1.807) is 0 Å². The molecule has 0 radical (unpaired) electrons. The monoisotopic (exact) mass is 212 g/mol. The summed E-state index contributed by atoms with van der Waals surface area (Å²) in [6, 6.07) is 3.49. The van der Waals surface area contributed by atoms with Crippen molar-refractivity contribution in [3.63, 3.8) is 0 Å². The van der Waals surface area contributed by atoms with Crippen LogP contribution >= 0.6 is 0 Å². The first-order chi connectivity index (χ1) is 6.95. The zero-order valence-corrected chi connectivity index (χ0v) is 7.41. The van der Waals surface area contributed by atoms with E-state index in [4.69, 9.17) is 15.3 Å².